The normalized spacial score (nSPS) is 26.3. The fourth-order valence-corrected chi connectivity index (χ4v) is 9.47. The van der Waals surface area contributed by atoms with E-state index in [0.29, 0.717) is 34.2 Å². The highest BCUT2D eigenvalue weighted by Gasteiger charge is 2.65. The number of hydrogen-bond acceptors (Lipinski definition) is 4. The van der Waals surface area contributed by atoms with E-state index in [1.165, 1.54) is 68.3 Å². The minimum atomic E-state index is -5.46. The largest absolute Gasteiger partial charge is 0.453 e. The van der Waals surface area contributed by atoms with E-state index in [2.05, 4.69) is 37.9 Å². The van der Waals surface area contributed by atoms with E-state index in [4.69, 9.17) is 4.74 Å². The Morgan fingerprint density at radius 3 is 2.36 bits per heavy atom. The molecule has 0 heterocycles. The Morgan fingerprint density at radius 1 is 0.977 bits per heavy atom. The van der Waals surface area contributed by atoms with Crippen molar-refractivity contribution in [3.8, 4) is 5.75 Å². The number of carbonyl (C=O) groups excluding carboxylic acids is 1. The number of halogens is 5. The smallest absolute Gasteiger partial charge is 0.427 e. The minimum absolute atomic E-state index is 0.140. The van der Waals surface area contributed by atoms with Crippen LogP contribution in [-0.4, -0.2) is 54.6 Å². The molecule has 3 nitrogen and oxygen atoms in total. The van der Waals surface area contributed by atoms with Crippen LogP contribution in [0, 0.1) is 22.7 Å². The van der Waals surface area contributed by atoms with Gasteiger partial charge >= 0.3 is 18.1 Å². The molecule has 0 aliphatic heterocycles. The topological polar surface area (TPSA) is 29.5 Å². The Bertz CT molecular complexity index is 1110. The van der Waals surface area contributed by atoms with Crippen molar-refractivity contribution in [2.45, 2.75) is 122 Å². The first kappa shape index (κ1) is 35.5. The van der Waals surface area contributed by atoms with E-state index < -0.39 is 18.5 Å². The third-order valence-electron chi connectivity index (χ3n) is 11.3. The Morgan fingerprint density at radius 2 is 1.68 bits per heavy atom. The summed E-state index contributed by atoms with van der Waals surface area (Å²) >= 11 is 1.44. The number of fused-ring (bicyclic) bond motifs is 2. The lowest BCUT2D eigenvalue weighted by atomic mass is 9.56. The number of benzene rings is 1. The van der Waals surface area contributed by atoms with Gasteiger partial charge in [0.25, 0.3) is 0 Å². The predicted molar refractivity (Wildman–Crippen MR) is 169 cm³/mol. The van der Waals surface area contributed by atoms with Gasteiger partial charge in [0.15, 0.2) is 0 Å². The van der Waals surface area contributed by atoms with Crippen LogP contribution in [0.2, 0.25) is 0 Å². The van der Waals surface area contributed by atoms with Crippen LogP contribution in [0.1, 0.15) is 115 Å². The Labute approximate surface area is 265 Å². The van der Waals surface area contributed by atoms with Crippen LogP contribution in [0.25, 0.3) is 0 Å². The second-order valence-corrected chi connectivity index (χ2v) is 15.4. The molecule has 0 amide bonds. The molecule has 3 saturated carbocycles. The summed E-state index contributed by atoms with van der Waals surface area (Å²) in [7, 11) is 2.07. The van der Waals surface area contributed by atoms with Gasteiger partial charge in [-0.25, -0.2) is 0 Å². The van der Waals surface area contributed by atoms with E-state index in [9.17, 15) is 26.7 Å². The first-order chi connectivity index (χ1) is 20.7. The summed E-state index contributed by atoms with van der Waals surface area (Å²) in [5, 5.41) is 0. The number of esters is 1. The summed E-state index contributed by atoms with van der Waals surface area (Å²) in [6.45, 7) is 8.35. The van der Waals surface area contributed by atoms with Gasteiger partial charge in [-0.05, 0) is 154 Å². The summed E-state index contributed by atoms with van der Waals surface area (Å²) in [6.07, 6.45) is 6.50. The first-order valence-corrected chi connectivity index (χ1v) is 17.9. The highest BCUT2D eigenvalue weighted by molar-refractivity contribution is 7.99. The molecule has 1 spiro atoms. The van der Waals surface area contributed by atoms with Crippen molar-refractivity contribution in [3.63, 3.8) is 0 Å². The first-order valence-electron chi connectivity index (χ1n) is 16.7. The molecule has 0 aromatic heterocycles. The number of hydrogen-bond donors (Lipinski definition) is 0. The number of unbranched alkanes of at least 4 members (excludes halogenated alkanes) is 2. The number of carbonyl (C=O) groups is 1. The number of rotatable bonds is 16. The lowest BCUT2D eigenvalue weighted by Gasteiger charge is -2.48. The average molecular weight is 646 g/mol. The third-order valence-corrected chi connectivity index (χ3v) is 12.5. The maximum absolute atomic E-state index is 13.0. The zero-order valence-corrected chi connectivity index (χ0v) is 27.9. The Balaban J connectivity index is 1.19. The fourth-order valence-electron chi connectivity index (χ4n) is 8.58. The Hall–Kier alpha value is -1.35. The number of thioether (sulfide) groups is 1. The lowest BCUT2D eigenvalue weighted by molar-refractivity contribution is -0.284. The molecule has 1 aromatic rings. The number of aryl methyl sites for hydroxylation is 1. The van der Waals surface area contributed by atoms with Gasteiger partial charge in [0.05, 0.1) is 0 Å². The van der Waals surface area contributed by atoms with Crippen molar-refractivity contribution in [1.82, 2.24) is 4.90 Å². The van der Waals surface area contributed by atoms with Gasteiger partial charge in [0.1, 0.15) is 5.75 Å². The zero-order valence-electron chi connectivity index (χ0n) is 27.0. The maximum Gasteiger partial charge on any atom is 0.453 e. The molecule has 9 heteroatoms. The van der Waals surface area contributed by atoms with Crippen LogP contribution in [-0.2, 0) is 11.2 Å². The maximum atomic E-state index is 13.0. The second kappa shape index (κ2) is 14.6. The molecule has 0 radical (unpaired) electrons. The molecule has 0 saturated heterocycles. The van der Waals surface area contributed by atoms with Crippen LogP contribution >= 0.6 is 11.8 Å². The van der Waals surface area contributed by atoms with Gasteiger partial charge in [-0.2, -0.15) is 33.7 Å². The van der Waals surface area contributed by atoms with Crippen molar-refractivity contribution in [3.05, 3.63) is 29.3 Å². The molecule has 0 N–H and O–H groups in total. The molecular weight excluding hydrogens is 593 g/mol. The molecule has 1 aromatic carbocycles. The van der Waals surface area contributed by atoms with Gasteiger partial charge < -0.3 is 9.64 Å². The molecule has 4 rings (SSSR count). The molecule has 3 aliphatic rings. The van der Waals surface area contributed by atoms with Crippen LogP contribution in [0.3, 0.4) is 0 Å². The van der Waals surface area contributed by atoms with E-state index >= 15 is 0 Å². The molecule has 3 fully saturated rings. The van der Waals surface area contributed by atoms with Crippen molar-refractivity contribution in [2.75, 3.05) is 31.6 Å². The summed E-state index contributed by atoms with van der Waals surface area (Å²) in [4.78, 5) is 13.9. The molecule has 250 valence electrons. The summed E-state index contributed by atoms with van der Waals surface area (Å²) in [5.41, 5.74) is 3.90. The molecule has 4 unspecified atom stereocenters. The van der Waals surface area contributed by atoms with Crippen LogP contribution in [0.5, 0.6) is 5.75 Å². The standard InChI is InChI=1S/C35H52F5NO2S/c1-25-29(13-16-32(3)31(25)14-17-33(32)18-19-33)30-12-11-28(43-26(2)42)24-27(30)10-6-5-7-20-41(4)21-9-23-44-22-8-15-34(36,37)35(38,39)40/h11-12,24-25,29,31H,5-10,13-23H2,1-4H3. The van der Waals surface area contributed by atoms with E-state index in [1.54, 1.807) is 0 Å². The minimum Gasteiger partial charge on any atom is -0.427 e. The summed E-state index contributed by atoms with van der Waals surface area (Å²) in [6, 6.07) is 6.30. The van der Waals surface area contributed by atoms with E-state index in [1.807, 2.05) is 6.07 Å². The van der Waals surface area contributed by atoms with Gasteiger partial charge in [0, 0.05) is 13.3 Å². The number of alkyl halides is 5. The highest BCUT2D eigenvalue weighted by atomic mass is 32.2. The van der Waals surface area contributed by atoms with Gasteiger partial charge in [-0.3, -0.25) is 4.79 Å². The summed E-state index contributed by atoms with van der Waals surface area (Å²) in [5.74, 6) is -1.19. The SMILES string of the molecule is CC(=O)Oc1ccc(C2CCC3(C)C(CCC34CC4)C2C)c(CCCCCN(C)CCCSCCCC(F)(F)C(F)(F)F)c1. The van der Waals surface area contributed by atoms with Crippen molar-refractivity contribution >= 4 is 17.7 Å². The van der Waals surface area contributed by atoms with Gasteiger partial charge in [0.2, 0.25) is 0 Å². The van der Waals surface area contributed by atoms with Crippen molar-refractivity contribution in [2.24, 2.45) is 22.7 Å². The van der Waals surface area contributed by atoms with Gasteiger partial charge in [-0.15, -0.1) is 0 Å². The zero-order chi connectivity index (χ0) is 32.2. The van der Waals surface area contributed by atoms with Crippen molar-refractivity contribution < 1.29 is 31.5 Å². The Kier molecular flexibility index (Phi) is 11.8. The average Bonchev–Trinajstić information content (AvgIpc) is 3.67. The quantitative estimate of drug-likeness (QED) is 0.0775. The van der Waals surface area contributed by atoms with E-state index in [0.717, 1.165) is 56.9 Å². The van der Waals surface area contributed by atoms with Crippen LogP contribution in [0.4, 0.5) is 22.0 Å². The second-order valence-electron chi connectivity index (χ2n) is 14.2. The van der Waals surface area contributed by atoms with Gasteiger partial charge in [-0.1, -0.05) is 26.3 Å². The monoisotopic (exact) mass is 645 g/mol. The van der Waals surface area contributed by atoms with Crippen LogP contribution < -0.4 is 4.74 Å². The highest BCUT2D eigenvalue weighted by Crippen LogP contribution is 2.75. The van der Waals surface area contributed by atoms with Crippen molar-refractivity contribution in [1.29, 1.82) is 0 Å². The predicted octanol–water partition coefficient (Wildman–Crippen LogP) is 10.1. The molecule has 0 bridgehead atoms. The fraction of sp³-hybridized carbons (Fsp3) is 0.800. The summed E-state index contributed by atoms with van der Waals surface area (Å²) < 4.78 is 68.2. The van der Waals surface area contributed by atoms with E-state index in [-0.39, 0.29) is 12.4 Å². The van der Waals surface area contributed by atoms with Crippen LogP contribution in [0.15, 0.2) is 18.2 Å². The number of ether oxygens (including phenoxy) is 1. The number of nitrogens with zero attached hydrogens (tertiary/aromatic N) is 1. The molecule has 3 aliphatic carbocycles. The molecule has 44 heavy (non-hydrogen) atoms. The molecule has 4 atom stereocenters. The molecular formula is C35H52F5NO2S. The third kappa shape index (κ3) is 8.32. The lowest BCUT2D eigenvalue weighted by Crippen LogP contribution is -2.40.